The topological polar surface area (TPSA) is 29.1 Å². The van der Waals surface area contributed by atoms with Gasteiger partial charge in [0, 0.05) is 12.3 Å². The molecule has 0 aliphatic carbocycles. The highest BCUT2D eigenvalue weighted by atomic mass is 32.2. The Bertz CT molecular complexity index is 522. The van der Waals surface area contributed by atoms with Gasteiger partial charge >= 0.3 is 6.18 Å². The fourth-order valence-electron chi connectivity index (χ4n) is 1.34. The van der Waals surface area contributed by atoms with Crippen LogP contribution in [0.3, 0.4) is 0 Å². The highest BCUT2D eigenvalue weighted by Crippen LogP contribution is 2.30. The van der Waals surface area contributed by atoms with Gasteiger partial charge in [0.15, 0.2) is 0 Å². The van der Waals surface area contributed by atoms with Crippen LogP contribution < -0.4 is 5.32 Å². The number of alkyl halides is 3. The average Bonchev–Trinajstić information content (AvgIpc) is 2.37. The molecular weight excluding hydrogens is 294 g/mol. The van der Waals surface area contributed by atoms with Crippen LogP contribution in [0, 0.1) is 18.2 Å². The first kappa shape index (κ1) is 16.4. The third-order valence-corrected chi connectivity index (χ3v) is 3.12. The summed E-state index contributed by atoms with van der Waals surface area (Å²) in [5, 5.41) is 2.34. The second-order valence-corrected chi connectivity index (χ2v) is 4.81. The van der Waals surface area contributed by atoms with Gasteiger partial charge in [-0.1, -0.05) is 5.92 Å². The number of nitrogens with one attached hydrogen (secondary N) is 1. The second-order valence-electron chi connectivity index (χ2n) is 3.70. The smallest absolute Gasteiger partial charge is 0.351 e. The van der Waals surface area contributed by atoms with E-state index in [1.165, 1.54) is 11.8 Å². The summed E-state index contributed by atoms with van der Waals surface area (Å²) in [7, 11) is 0. The van der Waals surface area contributed by atoms with Crippen LogP contribution >= 0.6 is 11.8 Å². The molecule has 0 bridgehead atoms. The molecule has 0 fully saturated rings. The molecule has 20 heavy (non-hydrogen) atoms. The number of terminal acetylenes is 1. The van der Waals surface area contributed by atoms with E-state index in [-0.39, 0.29) is 6.54 Å². The van der Waals surface area contributed by atoms with Crippen LogP contribution in [0.5, 0.6) is 0 Å². The van der Waals surface area contributed by atoms with Gasteiger partial charge in [0.2, 0.25) is 0 Å². The molecule has 0 aromatic heterocycles. The molecule has 2 nitrogen and oxygen atoms in total. The predicted octanol–water partition coefficient (Wildman–Crippen LogP) is 2.94. The van der Waals surface area contributed by atoms with Gasteiger partial charge in [0.1, 0.15) is 5.82 Å². The van der Waals surface area contributed by atoms with Gasteiger partial charge < -0.3 is 5.32 Å². The first-order valence-electron chi connectivity index (χ1n) is 5.52. The number of hydrogen-bond donors (Lipinski definition) is 1. The Morgan fingerprint density at radius 2 is 2.10 bits per heavy atom. The number of thioether (sulfide) groups is 1. The molecule has 1 N–H and O–H groups in total. The van der Waals surface area contributed by atoms with Gasteiger partial charge in [0.25, 0.3) is 5.91 Å². The van der Waals surface area contributed by atoms with Crippen molar-refractivity contribution < 1.29 is 22.4 Å². The minimum atomic E-state index is -4.62. The normalized spacial score (nSPS) is 10.9. The number of halogens is 4. The minimum absolute atomic E-state index is 0.195. The molecule has 0 spiro atoms. The average molecular weight is 305 g/mol. The molecule has 0 unspecified atom stereocenters. The van der Waals surface area contributed by atoms with Gasteiger partial charge in [-0.2, -0.15) is 13.2 Å². The Hall–Kier alpha value is -1.68. The van der Waals surface area contributed by atoms with Gasteiger partial charge in [-0.15, -0.1) is 18.2 Å². The molecular formula is C13H11F4NOS. The quantitative estimate of drug-likeness (QED) is 0.515. The van der Waals surface area contributed by atoms with E-state index in [1.807, 2.05) is 0 Å². The zero-order chi connectivity index (χ0) is 15.2. The number of hydrogen-bond acceptors (Lipinski definition) is 2. The maximum atomic E-state index is 13.4. The van der Waals surface area contributed by atoms with Crippen LogP contribution in [0.2, 0.25) is 0 Å². The van der Waals surface area contributed by atoms with E-state index < -0.39 is 29.0 Å². The maximum Gasteiger partial charge on any atom is 0.416 e. The lowest BCUT2D eigenvalue weighted by molar-refractivity contribution is -0.137. The third-order valence-electron chi connectivity index (χ3n) is 2.26. The Labute approximate surface area is 117 Å². The van der Waals surface area contributed by atoms with Crippen LogP contribution in [0.15, 0.2) is 18.2 Å². The highest BCUT2D eigenvalue weighted by molar-refractivity contribution is 7.99. The third kappa shape index (κ3) is 4.78. The van der Waals surface area contributed by atoms with Crippen molar-refractivity contribution >= 4 is 17.7 Å². The number of benzene rings is 1. The summed E-state index contributed by atoms with van der Waals surface area (Å²) < 4.78 is 50.8. The molecule has 108 valence electrons. The first-order valence-corrected chi connectivity index (χ1v) is 6.68. The van der Waals surface area contributed by atoms with Crippen LogP contribution in [0.25, 0.3) is 0 Å². The highest BCUT2D eigenvalue weighted by Gasteiger charge is 2.31. The molecule has 0 aliphatic heterocycles. The summed E-state index contributed by atoms with van der Waals surface area (Å²) in [6.45, 7) is 0.195. The van der Waals surface area contributed by atoms with Crippen molar-refractivity contribution in [2.45, 2.75) is 6.18 Å². The monoisotopic (exact) mass is 305 g/mol. The van der Waals surface area contributed by atoms with Crippen LogP contribution in [-0.4, -0.2) is 24.0 Å². The summed E-state index contributed by atoms with van der Waals surface area (Å²) in [5.74, 6) is 1.48. The molecule has 0 heterocycles. The number of carbonyl (C=O) groups excluding carboxylic acids is 1. The largest absolute Gasteiger partial charge is 0.416 e. The molecule has 0 saturated heterocycles. The predicted molar refractivity (Wildman–Crippen MR) is 69.9 cm³/mol. The van der Waals surface area contributed by atoms with E-state index >= 15 is 0 Å². The van der Waals surface area contributed by atoms with E-state index in [2.05, 4.69) is 11.2 Å². The van der Waals surface area contributed by atoms with Crippen molar-refractivity contribution in [3.05, 3.63) is 35.1 Å². The Morgan fingerprint density at radius 3 is 2.70 bits per heavy atom. The Morgan fingerprint density at radius 1 is 1.40 bits per heavy atom. The molecule has 7 heteroatoms. The van der Waals surface area contributed by atoms with Crippen molar-refractivity contribution in [2.24, 2.45) is 0 Å². The number of amides is 1. The number of carbonyl (C=O) groups is 1. The van der Waals surface area contributed by atoms with E-state index in [4.69, 9.17) is 6.42 Å². The standard InChI is InChI=1S/C13H11F4NOS/c1-2-6-20-7-5-18-12(19)10-8-9(13(15,16)17)3-4-11(10)14/h1,3-4,8H,5-7H2,(H,18,19). The summed E-state index contributed by atoms with van der Waals surface area (Å²) in [5.41, 5.74) is -1.69. The van der Waals surface area contributed by atoms with E-state index in [0.29, 0.717) is 29.7 Å². The Kier molecular flexibility index (Phi) is 5.89. The van der Waals surface area contributed by atoms with Crippen molar-refractivity contribution in [2.75, 3.05) is 18.1 Å². The van der Waals surface area contributed by atoms with Crippen LogP contribution in [0.1, 0.15) is 15.9 Å². The van der Waals surface area contributed by atoms with Crippen LogP contribution in [-0.2, 0) is 6.18 Å². The molecule has 1 aromatic rings. The molecule has 0 saturated carbocycles. The summed E-state index contributed by atoms with van der Waals surface area (Å²) >= 11 is 1.38. The van der Waals surface area contributed by atoms with Gasteiger partial charge in [-0.05, 0) is 18.2 Å². The second kappa shape index (κ2) is 7.20. The van der Waals surface area contributed by atoms with E-state index in [9.17, 15) is 22.4 Å². The lowest BCUT2D eigenvalue weighted by Gasteiger charge is -2.10. The molecule has 1 aromatic carbocycles. The fourth-order valence-corrected chi connectivity index (χ4v) is 1.85. The van der Waals surface area contributed by atoms with Crippen molar-refractivity contribution in [3.63, 3.8) is 0 Å². The maximum absolute atomic E-state index is 13.4. The molecule has 0 aliphatic rings. The molecule has 1 amide bonds. The van der Waals surface area contributed by atoms with Crippen molar-refractivity contribution in [1.82, 2.24) is 5.32 Å². The van der Waals surface area contributed by atoms with Crippen molar-refractivity contribution in [3.8, 4) is 12.3 Å². The molecule has 1 rings (SSSR count). The van der Waals surface area contributed by atoms with Gasteiger partial charge in [-0.3, -0.25) is 4.79 Å². The number of rotatable bonds is 5. The lowest BCUT2D eigenvalue weighted by Crippen LogP contribution is -2.27. The first-order chi connectivity index (χ1) is 9.36. The Balaban J connectivity index is 2.70. The van der Waals surface area contributed by atoms with E-state index in [0.717, 1.165) is 0 Å². The molecule has 0 radical (unpaired) electrons. The zero-order valence-electron chi connectivity index (χ0n) is 10.3. The summed E-state index contributed by atoms with van der Waals surface area (Å²) in [6, 6.07) is 1.72. The molecule has 0 atom stereocenters. The fraction of sp³-hybridized carbons (Fsp3) is 0.308. The summed E-state index contributed by atoms with van der Waals surface area (Å²) in [4.78, 5) is 11.6. The SMILES string of the molecule is C#CCSCCNC(=O)c1cc(C(F)(F)F)ccc1F. The van der Waals surface area contributed by atoms with E-state index in [1.54, 1.807) is 0 Å². The van der Waals surface area contributed by atoms with Crippen LogP contribution in [0.4, 0.5) is 17.6 Å². The minimum Gasteiger partial charge on any atom is -0.351 e. The van der Waals surface area contributed by atoms with Gasteiger partial charge in [0.05, 0.1) is 16.9 Å². The van der Waals surface area contributed by atoms with Gasteiger partial charge in [-0.25, -0.2) is 4.39 Å². The zero-order valence-corrected chi connectivity index (χ0v) is 11.1. The summed E-state index contributed by atoms with van der Waals surface area (Å²) in [6.07, 6.45) is 0.405. The lowest BCUT2D eigenvalue weighted by atomic mass is 10.1. The van der Waals surface area contributed by atoms with Crippen molar-refractivity contribution in [1.29, 1.82) is 0 Å².